The predicted molar refractivity (Wildman–Crippen MR) is 73.6 cm³/mol. The first kappa shape index (κ1) is 12.7. The Bertz CT molecular complexity index is 505. The lowest BCUT2D eigenvalue weighted by Gasteiger charge is -2.06. The van der Waals surface area contributed by atoms with Crippen LogP contribution in [0.25, 0.3) is 0 Å². The van der Waals surface area contributed by atoms with E-state index in [4.69, 9.17) is 12.2 Å². The third-order valence-electron chi connectivity index (χ3n) is 1.99. The monoisotopic (exact) mass is 332 g/mol. The van der Waals surface area contributed by atoms with Crippen LogP contribution in [0.5, 0.6) is 0 Å². The van der Waals surface area contributed by atoms with Crippen LogP contribution in [-0.2, 0) is 4.79 Å². The lowest BCUT2D eigenvalue weighted by Crippen LogP contribution is -2.22. The van der Waals surface area contributed by atoms with E-state index in [9.17, 15) is 9.18 Å². The molecular formula is C10H6BrFN2OS2. The van der Waals surface area contributed by atoms with E-state index in [1.54, 1.807) is 12.1 Å². The quantitative estimate of drug-likeness (QED) is 0.616. The van der Waals surface area contributed by atoms with Gasteiger partial charge in [0, 0.05) is 0 Å². The van der Waals surface area contributed by atoms with Crippen molar-refractivity contribution < 1.29 is 9.18 Å². The van der Waals surface area contributed by atoms with Crippen molar-refractivity contribution in [3.05, 3.63) is 34.1 Å². The molecule has 2 rings (SSSR count). The minimum absolute atomic E-state index is 0.141. The number of nitrogens with zero attached hydrogens (tertiary/aromatic N) is 2. The minimum atomic E-state index is -0.342. The van der Waals surface area contributed by atoms with E-state index in [0.717, 1.165) is 0 Å². The Morgan fingerprint density at radius 3 is 2.94 bits per heavy atom. The summed E-state index contributed by atoms with van der Waals surface area (Å²) in [6, 6.07) is 4.47. The molecular weight excluding hydrogens is 327 g/mol. The Balaban J connectivity index is 2.17. The highest BCUT2D eigenvalue weighted by atomic mass is 79.9. The Kier molecular flexibility index (Phi) is 3.90. The molecule has 1 amide bonds. The van der Waals surface area contributed by atoms with Crippen molar-refractivity contribution >= 4 is 56.4 Å². The molecule has 0 radical (unpaired) electrons. The molecule has 0 saturated carbocycles. The van der Waals surface area contributed by atoms with Crippen LogP contribution >= 0.6 is 39.9 Å². The van der Waals surface area contributed by atoms with Gasteiger partial charge in [0.2, 0.25) is 0 Å². The summed E-state index contributed by atoms with van der Waals surface area (Å²) in [4.78, 5) is 11.4. The van der Waals surface area contributed by atoms with Gasteiger partial charge in [0.15, 0.2) is 4.32 Å². The number of thiocarbonyl (C=S) groups is 1. The van der Waals surface area contributed by atoms with Crippen LogP contribution in [-0.4, -0.2) is 27.2 Å². The van der Waals surface area contributed by atoms with Crippen molar-refractivity contribution in [2.24, 2.45) is 5.10 Å². The molecule has 17 heavy (non-hydrogen) atoms. The summed E-state index contributed by atoms with van der Waals surface area (Å²) in [5.74, 6) is -0.161. The average Bonchev–Trinajstić information content (AvgIpc) is 2.61. The van der Waals surface area contributed by atoms with Gasteiger partial charge >= 0.3 is 0 Å². The van der Waals surface area contributed by atoms with Gasteiger partial charge in [-0.1, -0.05) is 30.0 Å². The standard InChI is InChI=1S/C10H6BrFN2OS2/c11-7-3-6(1-2-8(7)12)4-13-14-9(15)5-17-10(14)16/h1-4H,5H2/b13-4+. The van der Waals surface area contributed by atoms with Crippen molar-refractivity contribution in [2.75, 3.05) is 5.75 Å². The number of carbonyl (C=O) groups excluding carboxylic acids is 1. The number of halogens is 2. The van der Waals surface area contributed by atoms with Crippen LogP contribution in [0.4, 0.5) is 4.39 Å². The van der Waals surface area contributed by atoms with Crippen LogP contribution in [0.1, 0.15) is 5.56 Å². The highest BCUT2D eigenvalue weighted by Gasteiger charge is 2.25. The fourth-order valence-electron chi connectivity index (χ4n) is 1.18. The fraction of sp³-hybridized carbons (Fsp3) is 0.100. The summed E-state index contributed by atoms with van der Waals surface area (Å²) in [5, 5.41) is 5.16. The third kappa shape index (κ3) is 2.91. The lowest BCUT2D eigenvalue weighted by molar-refractivity contribution is -0.123. The highest BCUT2D eigenvalue weighted by Crippen LogP contribution is 2.20. The highest BCUT2D eigenvalue weighted by molar-refractivity contribution is 9.10. The van der Waals surface area contributed by atoms with E-state index >= 15 is 0 Å². The van der Waals surface area contributed by atoms with Gasteiger partial charge in [-0.15, -0.1) is 0 Å². The minimum Gasteiger partial charge on any atom is -0.272 e. The van der Waals surface area contributed by atoms with Crippen molar-refractivity contribution in [1.82, 2.24) is 5.01 Å². The van der Waals surface area contributed by atoms with Crippen molar-refractivity contribution in [3.8, 4) is 0 Å². The van der Waals surface area contributed by atoms with E-state index in [2.05, 4.69) is 21.0 Å². The van der Waals surface area contributed by atoms with Crippen LogP contribution < -0.4 is 0 Å². The zero-order chi connectivity index (χ0) is 12.4. The molecule has 1 aliphatic heterocycles. The number of amides is 1. The average molecular weight is 333 g/mol. The molecule has 1 fully saturated rings. The van der Waals surface area contributed by atoms with Gasteiger partial charge in [-0.2, -0.15) is 10.1 Å². The van der Waals surface area contributed by atoms with E-state index in [1.807, 2.05) is 0 Å². The molecule has 0 N–H and O–H groups in total. The van der Waals surface area contributed by atoms with Gasteiger partial charge in [0.25, 0.3) is 5.91 Å². The topological polar surface area (TPSA) is 32.7 Å². The first-order chi connectivity index (χ1) is 8.08. The number of thioether (sulfide) groups is 1. The summed E-state index contributed by atoms with van der Waals surface area (Å²) in [7, 11) is 0. The van der Waals surface area contributed by atoms with Crippen molar-refractivity contribution in [3.63, 3.8) is 0 Å². The molecule has 3 nitrogen and oxygen atoms in total. The maximum Gasteiger partial charge on any atom is 0.259 e. The number of rotatable bonds is 2. The third-order valence-corrected chi connectivity index (χ3v) is 3.94. The van der Waals surface area contributed by atoms with Gasteiger partial charge in [0.1, 0.15) is 5.82 Å². The maximum atomic E-state index is 13.0. The number of hydrogen-bond donors (Lipinski definition) is 0. The van der Waals surface area contributed by atoms with Gasteiger partial charge in [0.05, 0.1) is 16.4 Å². The molecule has 1 aromatic carbocycles. The van der Waals surface area contributed by atoms with E-state index in [-0.39, 0.29) is 11.7 Å². The first-order valence-corrected chi connectivity index (χ1v) is 6.75. The Hall–Kier alpha value is -0.790. The second kappa shape index (κ2) is 5.24. The van der Waals surface area contributed by atoms with Crippen molar-refractivity contribution in [1.29, 1.82) is 0 Å². The molecule has 0 unspecified atom stereocenters. The molecule has 88 valence electrons. The zero-order valence-corrected chi connectivity index (χ0v) is 11.6. The number of carbonyl (C=O) groups is 1. The normalized spacial score (nSPS) is 16.2. The predicted octanol–water partition coefficient (Wildman–Crippen LogP) is 2.78. The zero-order valence-electron chi connectivity index (χ0n) is 8.39. The SMILES string of the molecule is O=C1CSC(=S)N1/N=C/c1ccc(F)c(Br)c1. The Morgan fingerprint density at radius 1 is 1.59 bits per heavy atom. The Morgan fingerprint density at radius 2 is 2.35 bits per heavy atom. The van der Waals surface area contributed by atoms with Gasteiger partial charge in [-0.25, -0.2) is 4.39 Å². The Labute approximate surface area is 115 Å². The van der Waals surface area contributed by atoms with Crippen LogP contribution in [0.2, 0.25) is 0 Å². The smallest absolute Gasteiger partial charge is 0.259 e. The molecule has 0 aromatic heterocycles. The number of benzene rings is 1. The number of hydrogen-bond acceptors (Lipinski definition) is 4. The molecule has 0 aliphatic carbocycles. The maximum absolute atomic E-state index is 13.0. The molecule has 1 saturated heterocycles. The molecule has 1 aromatic rings. The summed E-state index contributed by atoms with van der Waals surface area (Å²) >= 11 is 9.32. The molecule has 0 spiro atoms. The van der Waals surface area contributed by atoms with Gasteiger partial charge in [-0.05, 0) is 33.6 Å². The lowest BCUT2D eigenvalue weighted by atomic mass is 10.2. The van der Waals surface area contributed by atoms with E-state index in [0.29, 0.717) is 20.1 Å². The van der Waals surface area contributed by atoms with E-state index < -0.39 is 0 Å². The largest absolute Gasteiger partial charge is 0.272 e. The molecule has 0 atom stereocenters. The van der Waals surface area contributed by atoms with Gasteiger partial charge < -0.3 is 0 Å². The fourth-order valence-corrected chi connectivity index (χ4v) is 2.54. The molecule has 1 aliphatic rings. The molecule has 7 heteroatoms. The van der Waals surface area contributed by atoms with Crippen LogP contribution in [0.3, 0.4) is 0 Å². The molecule has 0 bridgehead atoms. The van der Waals surface area contributed by atoms with E-state index in [1.165, 1.54) is 29.1 Å². The first-order valence-electron chi connectivity index (χ1n) is 4.56. The summed E-state index contributed by atoms with van der Waals surface area (Å²) in [6.45, 7) is 0. The summed E-state index contributed by atoms with van der Waals surface area (Å²) < 4.78 is 13.8. The van der Waals surface area contributed by atoms with Gasteiger partial charge in [-0.3, -0.25) is 4.79 Å². The molecule has 1 heterocycles. The second-order valence-corrected chi connectivity index (χ2v) is 5.64. The van der Waals surface area contributed by atoms with Crippen LogP contribution in [0.15, 0.2) is 27.8 Å². The van der Waals surface area contributed by atoms with Crippen molar-refractivity contribution in [2.45, 2.75) is 0 Å². The summed E-state index contributed by atoms with van der Waals surface area (Å²) in [6.07, 6.45) is 1.47. The van der Waals surface area contributed by atoms with Crippen LogP contribution in [0, 0.1) is 5.82 Å². The second-order valence-electron chi connectivity index (χ2n) is 3.18. The number of hydrazone groups is 1. The summed E-state index contributed by atoms with van der Waals surface area (Å²) in [5.41, 5.74) is 0.686.